The number of amides is 1. The van der Waals surface area contributed by atoms with Crippen molar-refractivity contribution in [3.8, 4) is 0 Å². The zero-order chi connectivity index (χ0) is 9.97. The van der Waals surface area contributed by atoms with Gasteiger partial charge in [-0.25, -0.2) is 0 Å². The van der Waals surface area contributed by atoms with E-state index in [2.05, 4.69) is 26.6 Å². The first-order valence-electron chi connectivity index (χ1n) is 4.54. The van der Waals surface area contributed by atoms with Crippen LogP contribution in [0.4, 0.5) is 0 Å². The largest absolute Gasteiger partial charge is 0.337 e. The highest BCUT2D eigenvalue weighted by atomic mass is 79.9. The van der Waals surface area contributed by atoms with Crippen LogP contribution in [0.3, 0.4) is 0 Å². The van der Waals surface area contributed by atoms with Gasteiger partial charge in [0, 0.05) is 17.4 Å². The molecule has 3 nitrogen and oxygen atoms in total. The number of hydrogen-bond donors (Lipinski definition) is 2. The van der Waals surface area contributed by atoms with Gasteiger partial charge >= 0.3 is 0 Å². The molecule has 0 aliphatic carbocycles. The van der Waals surface area contributed by atoms with Crippen LogP contribution in [0.15, 0.2) is 28.7 Å². The highest BCUT2D eigenvalue weighted by Gasteiger charge is 2.18. The SMILES string of the molecule is O=C1CCN[C@@H](c2cccc(Br)c2)N1. The van der Waals surface area contributed by atoms with E-state index in [1.165, 1.54) is 0 Å². The van der Waals surface area contributed by atoms with Gasteiger partial charge in [-0.05, 0) is 17.7 Å². The lowest BCUT2D eigenvalue weighted by Crippen LogP contribution is -2.44. The second kappa shape index (κ2) is 4.11. The molecule has 14 heavy (non-hydrogen) atoms. The number of halogens is 1. The molecule has 1 aliphatic rings. The minimum atomic E-state index is -0.0475. The number of hydrogen-bond acceptors (Lipinski definition) is 2. The summed E-state index contributed by atoms with van der Waals surface area (Å²) in [7, 11) is 0. The molecular weight excluding hydrogens is 244 g/mol. The summed E-state index contributed by atoms with van der Waals surface area (Å²) in [5.74, 6) is 0.105. The van der Waals surface area contributed by atoms with E-state index in [1.54, 1.807) is 0 Å². The smallest absolute Gasteiger partial charge is 0.222 e. The van der Waals surface area contributed by atoms with Crippen LogP contribution in [0.2, 0.25) is 0 Å². The molecule has 0 aromatic heterocycles. The van der Waals surface area contributed by atoms with Gasteiger partial charge in [-0.15, -0.1) is 0 Å². The summed E-state index contributed by atoms with van der Waals surface area (Å²) in [6.07, 6.45) is 0.513. The van der Waals surface area contributed by atoms with Gasteiger partial charge in [0.15, 0.2) is 0 Å². The maximum absolute atomic E-state index is 11.2. The average Bonchev–Trinajstić information content (AvgIpc) is 2.18. The molecule has 0 unspecified atom stereocenters. The van der Waals surface area contributed by atoms with E-state index in [9.17, 15) is 4.79 Å². The summed E-state index contributed by atoms with van der Waals surface area (Å²) in [4.78, 5) is 11.2. The van der Waals surface area contributed by atoms with Crippen molar-refractivity contribution in [2.45, 2.75) is 12.6 Å². The first-order valence-corrected chi connectivity index (χ1v) is 5.33. The van der Waals surface area contributed by atoms with Crippen molar-refractivity contribution in [1.82, 2.24) is 10.6 Å². The van der Waals surface area contributed by atoms with Gasteiger partial charge in [0.05, 0.1) is 0 Å². The van der Waals surface area contributed by atoms with Crippen molar-refractivity contribution in [3.05, 3.63) is 34.3 Å². The van der Waals surface area contributed by atoms with Gasteiger partial charge in [-0.1, -0.05) is 28.1 Å². The lowest BCUT2D eigenvalue weighted by Gasteiger charge is -2.25. The molecule has 0 radical (unpaired) electrons. The Balaban J connectivity index is 2.17. The fourth-order valence-electron chi connectivity index (χ4n) is 1.50. The Labute approximate surface area is 91.0 Å². The summed E-state index contributed by atoms with van der Waals surface area (Å²) in [6.45, 7) is 0.739. The van der Waals surface area contributed by atoms with Crippen LogP contribution in [-0.4, -0.2) is 12.5 Å². The molecule has 1 heterocycles. The Morgan fingerprint density at radius 3 is 3.00 bits per heavy atom. The van der Waals surface area contributed by atoms with E-state index < -0.39 is 0 Å². The number of rotatable bonds is 1. The summed E-state index contributed by atoms with van der Waals surface area (Å²) in [5.41, 5.74) is 1.08. The van der Waals surface area contributed by atoms with Crippen molar-refractivity contribution in [1.29, 1.82) is 0 Å². The normalized spacial score (nSPS) is 21.8. The first-order chi connectivity index (χ1) is 6.75. The Bertz CT molecular complexity index is 354. The van der Waals surface area contributed by atoms with Crippen LogP contribution in [0.25, 0.3) is 0 Å². The fraction of sp³-hybridized carbons (Fsp3) is 0.300. The summed E-state index contributed by atoms with van der Waals surface area (Å²) < 4.78 is 1.02. The Hall–Kier alpha value is -0.870. The zero-order valence-electron chi connectivity index (χ0n) is 7.59. The fourth-order valence-corrected chi connectivity index (χ4v) is 1.92. The van der Waals surface area contributed by atoms with E-state index in [0.29, 0.717) is 6.42 Å². The molecule has 0 bridgehead atoms. The second-order valence-corrected chi connectivity index (χ2v) is 4.18. The Morgan fingerprint density at radius 2 is 2.29 bits per heavy atom. The molecule has 1 atom stereocenters. The number of carbonyl (C=O) groups is 1. The van der Waals surface area contributed by atoms with E-state index >= 15 is 0 Å². The lowest BCUT2D eigenvalue weighted by molar-refractivity contribution is -0.123. The molecule has 1 saturated heterocycles. The van der Waals surface area contributed by atoms with Crippen LogP contribution in [-0.2, 0) is 4.79 Å². The molecule has 1 aromatic carbocycles. The van der Waals surface area contributed by atoms with Crippen LogP contribution < -0.4 is 10.6 Å². The van der Waals surface area contributed by atoms with Crippen molar-refractivity contribution in [2.24, 2.45) is 0 Å². The van der Waals surface area contributed by atoms with Gasteiger partial charge in [0.2, 0.25) is 5.91 Å². The van der Waals surface area contributed by atoms with Crippen LogP contribution >= 0.6 is 15.9 Å². The third-order valence-electron chi connectivity index (χ3n) is 2.19. The zero-order valence-corrected chi connectivity index (χ0v) is 9.17. The molecular formula is C10H11BrN2O. The average molecular weight is 255 g/mol. The van der Waals surface area contributed by atoms with Gasteiger partial charge in [0.1, 0.15) is 6.17 Å². The number of benzene rings is 1. The number of nitrogens with one attached hydrogen (secondary N) is 2. The van der Waals surface area contributed by atoms with E-state index in [4.69, 9.17) is 0 Å². The molecule has 2 N–H and O–H groups in total. The van der Waals surface area contributed by atoms with Crippen molar-refractivity contribution < 1.29 is 4.79 Å². The lowest BCUT2D eigenvalue weighted by atomic mass is 10.1. The molecule has 1 aromatic rings. The van der Waals surface area contributed by atoms with Crippen molar-refractivity contribution in [2.75, 3.05) is 6.54 Å². The molecule has 1 aliphatic heterocycles. The van der Waals surface area contributed by atoms with E-state index in [0.717, 1.165) is 16.6 Å². The Morgan fingerprint density at radius 1 is 1.43 bits per heavy atom. The van der Waals surface area contributed by atoms with Gasteiger partial charge in [-0.3, -0.25) is 10.1 Å². The Kier molecular flexibility index (Phi) is 2.84. The van der Waals surface area contributed by atoms with Crippen LogP contribution in [0.5, 0.6) is 0 Å². The highest BCUT2D eigenvalue weighted by Crippen LogP contribution is 2.17. The first kappa shape index (κ1) is 9.68. The predicted octanol–water partition coefficient (Wildman–Crippen LogP) is 1.56. The van der Waals surface area contributed by atoms with Crippen LogP contribution in [0.1, 0.15) is 18.2 Å². The third kappa shape index (κ3) is 2.13. The topological polar surface area (TPSA) is 41.1 Å². The summed E-state index contributed by atoms with van der Waals surface area (Å²) >= 11 is 3.40. The highest BCUT2D eigenvalue weighted by molar-refractivity contribution is 9.10. The van der Waals surface area contributed by atoms with Gasteiger partial charge in [0.25, 0.3) is 0 Å². The third-order valence-corrected chi connectivity index (χ3v) is 2.68. The molecule has 74 valence electrons. The maximum atomic E-state index is 11.2. The van der Waals surface area contributed by atoms with E-state index in [-0.39, 0.29) is 12.1 Å². The summed E-state index contributed by atoms with van der Waals surface area (Å²) in [6, 6.07) is 7.92. The van der Waals surface area contributed by atoms with Gasteiger partial charge in [-0.2, -0.15) is 0 Å². The van der Waals surface area contributed by atoms with Crippen LogP contribution in [0, 0.1) is 0 Å². The molecule has 1 fully saturated rings. The summed E-state index contributed by atoms with van der Waals surface area (Å²) in [5, 5.41) is 6.13. The van der Waals surface area contributed by atoms with E-state index in [1.807, 2.05) is 24.3 Å². The monoisotopic (exact) mass is 254 g/mol. The van der Waals surface area contributed by atoms with Crippen molar-refractivity contribution >= 4 is 21.8 Å². The molecule has 2 rings (SSSR count). The molecule has 0 spiro atoms. The minimum absolute atomic E-state index is 0.0475. The second-order valence-electron chi connectivity index (χ2n) is 3.26. The molecule has 4 heteroatoms. The van der Waals surface area contributed by atoms with Crippen molar-refractivity contribution in [3.63, 3.8) is 0 Å². The predicted molar refractivity (Wildman–Crippen MR) is 57.6 cm³/mol. The number of carbonyl (C=O) groups excluding carboxylic acids is 1. The quantitative estimate of drug-likeness (QED) is 0.799. The minimum Gasteiger partial charge on any atom is -0.337 e. The maximum Gasteiger partial charge on any atom is 0.222 e. The molecule has 1 amide bonds. The molecule has 0 saturated carbocycles. The van der Waals surface area contributed by atoms with Gasteiger partial charge < -0.3 is 5.32 Å². The standard InChI is InChI=1S/C10H11BrN2O/c11-8-3-1-2-7(6-8)10-12-5-4-9(14)13-10/h1-3,6,10,12H,4-5H2,(H,13,14)/t10-/m1/s1.